The zero-order chi connectivity index (χ0) is 12.2. The van der Waals surface area contributed by atoms with Gasteiger partial charge in [-0.2, -0.15) is 0 Å². The van der Waals surface area contributed by atoms with Crippen molar-refractivity contribution in [3.63, 3.8) is 0 Å². The van der Waals surface area contributed by atoms with E-state index in [1.165, 1.54) is 0 Å². The van der Waals surface area contributed by atoms with E-state index in [0.717, 1.165) is 13.0 Å². The molecule has 1 aliphatic heterocycles. The lowest BCUT2D eigenvalue weighted by molar-refractivity contribution is -0.147. The van der Waals surface area contributed by atoms with E-state index in [9.17, 15) is 9.59 Å². The van der Waals surface area contributed by atoms with Gasteiger partial charge in [-0.15, -0.1) is 0 Å². The lowest BCUT2D eigenvalue weighted by atomic mass is 9.89. The molecule has 4 N–H and O–H groups in total. The maximum atomic E-state index is 11.7. The Morgan fingerprint density at radius 2 is 2.25 bits per heavy atom. The Balaban J connectivity index is 2.27. The molecule has 1 aliphatic rings. The van der Waals surface area contributed by atoms with Crippen molar-refractivity contribution in [2.45, 2.75) is 25.9 Å². The summed E-state index contributed by atoms with van der Waals surface area (Å²) in [7, 11) is 0. The summed E-state index contributed by atoms with van der Waals surface area (Å²) in [5.74, 6) is -1.35. The molecule has 1 heterocycles. The van der Waals surface area contributed by atoms with E-state index in [-0.39, 0.29) is 18.9 Å². The summed E-state index contributed by atoms with van der Waals surface area (Å²) in [5.41, 5.74) is -0.409. The molecule has 0 bridgehead atoms. The third-order valence-corrected chi connectivity index (χ3v) is 2.91. The summed E-state index contributed by atoms with van der Waals surface area (Å²) in [6.07, 6.45) is -0.597. The van der Waals surface area contributed by atoms with Crippen LogP contribution in [0.25, 0.3) is 0 Å². The molecule has 0 aromatic carbocycles. The van der Waals surface area contributed by atoms with Crippen LogP contribution in [0.15, 0.2) is 0 Å². The molecule has 0 aromatic heterocycles. The first-order valence-electron chi connectivity index (χ1n) is 5.35. The number of rotatable bonds is 5. The molecule has 0 aliphatic carbocycles. The predicted molar refractivity (Wildman–Crippen MR) is 56.9 cm³/mol. The van der Waals surface area contributed by atoms with Gasteiger partial charge in [0, 0.05) is 19.5 Å². The number of hydrogen-bond acceptors (Lipinski definition) is 4. The first kappa shape index (κ1) is 12.9. The summed E-state index contributed by atoms with van der Waals surface area (Å²) in [5, 5.41) is 23.2. The Morgan fingerprint density at radius 3 is 2.75 bits per heavy atom. The molecule has 92 valence electrons. The van der Waals surface area contributed by atoms with Crippen LogP contribution in [0.1, 0.15) is 19.8 Å². The van der Waals surface area contributed by atoms with E-state index in [1.54, 1.807) is 0 Å². The average Bonchev–Trinajstić information content (AvgIpc) is 2.66. The van der Waals surface area contributed by atoms with Crippen molar-refractivity contribution in [1.29, 1.82) is 0 Å². The molecular weight excluding hydrogens is 212 g/mol. The SMILES string of the molecule is CC1(C(=O)NCCC(O)C(=O)O)CCNC1. The van der Waals surface area contributed by atoms with E-state index >= 15 is 0 Å². The molecule has 1 amide bonds. The highest BCUT2D eigenvalue weighted by Crippen LogP contribution is 2.24. The van der Waals surface area contributed by atoms with Crippen molar-refractivity contribution in [3.05, 3.63) is 0 Å². The number of carbonyl (C=O) groups excluding carboxylic acids is 1. The molecule has 1 rings (SSSR count). The van der Waals surface area contributed by atoms with Gasteiger partial charge >= 0.3 is 5.97 Å². The minimum atomic E-state index is -1.41. The summed E-state index contributed by atoms with van der Waals surface area (Å²) < 4.78 is 0. The number of amides is 1. The normalized spacial score (nSPS) is 26.4. The minimum Gasteiger partial charge on any atom is -0.479 e. The highest BCUT2D eigenvalue weighted by atomic mass is 16.4. The topological polar surface area (TPSA) is 98.7 Å². The number of hydrogen-bond donors (Lipinski definition) is 4. The van der Waals surface area contributed by atoms with Crippen LogP contribution in [0.2, 0.25) is 0 Å². The van der Waals surface area contributed by atoms with Gasteiger partial charge < -0.3 is 20.8 Å². The highest BCUT2D eigenvalue weighted by molar-refractivity contribution is 5.82. The zero-order valence-corrected chi connectivity index (χ0v) is 9.32. The van der Waals surface area contributed by atoms with Gasteiger partial charge in [-0.3, -0.25) is 4.79 Å². The third kappa shape index (κ3) is 3.18. The first-order valence-corrected chi connectivity index (χ1v) is 5.35. The largest absolute Gasteiger partial charge is 0.479 e. The summed E-state index contributed by atoms with van der Waals surface area (Å²) in [4.78, 5) is 22.1. The fourth-order valence-corrected chi connectivity index (χ4v) is 1.67. The number of aliphatic hydroxyl groups is 1. The van der Waals surface area contributed by atoms with Gasteiger partial charge in [0.05, 0.1) is 5.41 Å². The van der Waals surface area contributed by atoms with Crippen LogP contribution < -0.4 is 10.6 Å². The lowest BCUT2D eigenvalue weighted by Crippen LogP contribution is -2.41. The molecule has 0 saturated carbocycles. The van der Waals surface area contributed by atoms with Crippen molar-refractivity contribution < 1.29 is 19.8 Å². The number of aliphatic carboxylic acids is 1. The van der Waals surface area contributed by atoms with Crippen LogP contribution in [0.3, 0.4) is 0 Å². The van der Waals surface area contributed by atoms with Crippen LogP contribution >= 0.6 is 0 Å². The van der Waals surface area contributed by atoms with Gasteiger partial charge in [-0.05, 0) is 19.9 Å². The maximum Gasteiger partial charge on any atom is 0.332 e. The summed E-state index contributed by atoms with van der Waals surface area (Å²) in [6, 6.07) is 0. The molecule has 1 saturated heterocycles. The fourth-order valence-electron chi connectivity index (χ4n) is 1.67. The highest BCUT2D eigenvalue weighted by Gasteiger charge is 2.35. The Hall–Kier alpha value is -1.14. The van der Waals surface area contributed by atoms with Crippen molar-refractivity contribution in [1.82, 2.24) is 10.6 Å². The second-order valence-electron chi connectivity index (χ2n) is 4.39. The van der Waals surface area contributed by atoms with Gasteiger partial charge in [-0.25, -0.2) is 4.79 Å². The van der Waals surface area contributed by atoms with Crippen LogP contribution in [0, 0.1) is 5.41 Å². The molecule has 0 spiro atoms. The molecule has 1 fully saturated rings. The van der Waals surface area contributed by atoms with Crippen LogP contribution in [0.4, 0.5) is 0 Å². The zero-order valence-electron chi connectivity index (χ0n) is 9.32. The van der Waals surface area contributed by atoms with Crippen LogP contribution in [-0.2, 0) is 9.59 Å². The predicted octanol–water partition coefficient (Wildman–Crippen LogP) is -1.06. The molecule has 2 atom stereocenters. The van der Waals surface area contributed by atoms with E-state index in [0.29, 0.717) is 6.54 Å². The van der Waals surface area contributed by atoms with Gasteiger partial charge in [0.15, 0.2) is 6.10 Å². The summed E-state index contributed by atoms with van der Waals surface area (Å²) >= 11 is 0. The van der Waals surface area contributed by atoms with Crippen molar-refractivity contribution in [2.24, 2.45) is 5.41 Å². The number of carboxylic acid groups (broad SMARTS) is 1. The van der Waals surface area contributed by atoms with Gasteiger partial charge in [0.1, 0.15) is 0 Å². The Kier molecular flexibility index (Phi) is 4.26. The second kappa shape index (κ2) is 5.27. The quantitative estimate of drug-likeness (QED) is 0.482. The molecule has 6 nitrogen and oxygen atoms in total. The standard InChI is InChI=1S/C10H18N2O4/c1-10(3-5-11-6-10)9(16)12-4-2-7(13)8(14)15/h7,11,13H,2-6H2,1H3,(H,12,16)(H,14,15). The first-order chi connectivity index (χ1) is 7.46. The monoisotopic (exact) mass is 230 g/mol. The molecule has 2 unspecified atom stereocenters. The summed E-state index contributed by atoms with van der Waals surface area (Å²) in [6.45, 7) is 3.51. The number of carboxylic acids is 1. The Bertz CT molecular complexity index is 274. The van der Waals surface area contributed by atoms with Gasteiger partial charge in [0.25, 0.3) is 0 Å². The minimum absolute atomic E-state index is 0.0323. The number of nitrogens with one attached hydrogen (secondary N) is 2. The average molecular weight is 230 g/mol. The Morgan fingerprint density at radius 1 is 1.56 bits per heavy atom. The van der Waals surface area contributed by atoms with Crippen LogP contribution in [-0.4, -0.2) is 47.8 Å². The molecule has 16 heavy (non-hydrogen) atoms. The third-order valence-electron chi connectivity index (χ3n) is 2.91. The molecule has 6 heteroatoms. The molecular formula is C10H18N2O4. The van der Waals surface area contributed by atoms with E-state index in [4.69, 9.17) is 10.2 Å². The van der Waals surface area contributed by atoms with E-state index in [2.05, 4.69) is 10.6 Å². The van der Waals surface area contributed by atoms with Crippen molar-refractivity contribution in [2.75, 3.05) is 19.6 Å². The number of carbonyl (C=O) groups is 2. The second-order valence-corrected chi connectivity index (χ2v) is 4.39. The van der Waals surface area contributed by atoms with Crippen molar-refractivity contribution in [3.8, 4) is 0 Å². The van der Waals surface area contributed by atoms with E-state index < -0.39 is 17.5 Å². The van der Waals surface area contributed by atoms with Gasteiger partial charge in [0.2, 0.25) is 5.91 Å². The van der Waals surface area contributed by atoms with Crippen molar-refractivity contribution >= 4 is 11.9 Å². The Labute approximate surface area is 94.0 Å². The van der Waals surface area contributed by atoms with E-state index in [1.807, 2.05) is 6.92 Å². The number of aliphatic hydroxyl groups excluding tert-OH is 1. The van der Waals surface area contributed by atoms with Gasteiger partial charge in [-0.1, -0.05) is 0 Å². The molecule has 0 aromatic rings. The smallest absolute Gasteiger partial charge is 0.332 e. The fraction of sp³-hybridized carbons (Fsp3) is 0.800. The lowest BCUT2D eigenvalue weighted by Gasteiger charge is -2.21. The van der Waals surface area contributed by atoms with Crippen LogP contribution in [0.5, 0.6) is 0 Å². The molecule has 0 radical (unpaired) electrons. The maximum absolute atomic E-state index is 11.7.